The normalized spacial score (nSPS) is 11.7. The van der Waals surface area contributed by atoms with Gasteiger partial charge in [-0.2, -0.15) is 0 Å². The zero-order chi connectivity index (χ0) is 21.5. The molecule has 0 fully saturated rings. The predicted molar refractivity (Wildman–Crippen MR) is 119 cm³/mol. The van der Waals surface area contributed by atoms with Crippen LogP contribution in [0.4, 0.5) is 5.69 Å². The summed E-state index contributed by atoms with van der Waals surface area (Å²) in [7, 11) is 0. The lowest BCUT2D eigenvalue weighted by molar-refractivity contribution is -0.153. The molecule has 1 amide bonds. The maximum atomic E-state index is 12.7. The molecule has 0 radical (unpaired) electrons. The zero-order valence-corrected chi connectivity index (χ0v) is 17.6. The molecular formula is C26H27NO3. The Morgan fingerprint density at radius 1 is 0.800 bits per heavy atom. The van der Waals surface area contributed by atoms with E-state index < -0.39 is 12.1 Å². The van der Waals surface area contributed by atoms with Gasteiger partial charge in [0.25, 0.3) is 5.91 Å². The average Bonchev–Trinajstić information content (AvgIpc) is 2.75. The molecule has 3 aromatic rings. The Hall–Kier alpha value is -3.40. The van der Waals surface area contributed by atoms with Crippen molar-refractivity contribution in [3.8, 4) is 0 Å². The Morgan fingerprint density at radius 3 is 1.80 bits per heavy atom. The number of ether oxygens (including phenoxy) is 1. The summed E-state index contributed by atoms with van der Waals surface area (Å²) >= 11 is 0. The van der Waals surface area contributed by atoms with E-state index in [1.807, 2.05) is 92.7 Å². The first-order chi connectivity index (χ1) is 14.5. The monoisotopic (exact) mass is 401 g/mol. The number of benzene rings is 3. The number of carbonyl (C=O) groups excluding carboxylic acids is 2. The number of nitrogens with one attached hydrogen (secondary N) is 1. The van der Waals surface area contributed by atoms with Crippen LogP contribution >= 0.6 is 0 Å². The minimum Gasteiger partial charge on any atom is -0.453 e. The Balaban J connectivity index is 1.68. The Bertz CT molecular complexity index is 940. The highest BCUT2D eigenvalue weighted by Gasteiger charge is 2.23. The fourth-order valence-corrected chi connectivity index (χ4v) is 3.50. The lowest BCUT2D eigenvalue weighted by Gasteiger charge is -2.20. The van der Waals surface area contributed by atoms with Gasteiger partial charge in [0.2, 0.25) is 0 Å². The second-order valence-electron chi connectivity index (χ2n) is 7.47. The Kier molecular flexibility index (Phi) is 7.02. The van der Waals surface area contributed by atoms with E-state index in [1.54, 1.807) is 6.92 Å². The summed E-state index contributed by atoms with van der Waals surface area (Å²) < 4.78 is 5.49. The molecule has 1 N–H and O–H groups in total. The largest absolute Gasteiger partial charge is 0.453 e. The zero-order valence-electron chi connectivity index (χ0n) is 17.6. The third-order valence-electron chi connectivity index (χ3n) is 5.18. The van der Waals surface area contributed by atoms with Gasteiger partial charge in [-0.05, 0) is 43.0 Å². The van der Waals surface area contributed by atoms with Crippen molar-refractivity contribution in [3.05, 3.63) is 101 Å². The maximum Gasteiger partial charge on any atom is 0.307 e. The van der Waals surface area contributed by atoms with Crippen molar-refractivity contribution in [1.29, 1.82) is 0 Å². The summed E-state index contributed by atoms with van der Waals surface area (Å²) in [6.45, 7) is 5.47. The first-order valence-corrected chi connectivity index (χ1v) is 10.1. The highest BCUT2D eigenvalue weighted by atomic mass is 16.5. The molecule has 1 atom stereocenters. The molecule has 0 aromatic heterocycles. The fourth-order valence-electron chi connectivity index (χ4n) is 3.50. The highest BCUT2D eigenvalue weighted by molar-refractivity contribution is 5.96. The molecule has 0 saturated heterocycles. The summed E-state index contributed by atoms with van der Waals surface area (Å²) in [6, 6.07) is 25.5. The van der Waals surface area contributed by atoms with Gasteiger partial charge >= 0.3 is 5.97 Å². The number of aryl methyl sites for hydroxylation is 2. The maximum absolute atomic E-state index is 12.7. The molecule has 0 bridgehead atoms. The van der Waals surface area contributed by atoms with Crippen molar-refractivity contribution >= 4 is 17.6 Å². The van der Waals surface area contributed by atoms with E-state index >= 15 is 0 Å². The van der Waals surface area contributed by atoms with Crippen LogP contribution < -0.4 is 5.32 Å². The van der Waals surface area contributed by atoms with Crippen LogP contribution in [0.2, 0.25) is 0 Å². The average molecular weight is 402 g/mol. The smallest absolute Gasteiger partial charge is 0.307 e. The molecule has 1 unspecified atom stereocenters. The van der Waals surface area contributed by atoms with E-state index in [0.29, 0.717) is 0 Å². The summed E-state index contributed by atoms with van der Waals surface area (Å²) in [5, 5.41) is 2.88. The first-order valence-electron chi connectivity index (χ1n) is 10.1. The molecule has 3 rings (SSSR count). The molecule has 4 nitrogen and oxygen atoms in total. The number of amides is 1. The van der Waals surface area contributed by atoms with Crippen molar-refractivity contribution in [2.45, 2.75) is 39.2 Å². The van der Waals surface area contributed by atoms with Gasteiger partial charge in [-0.15, -0.1) is 0 Å². The van der Waals surface area contributed by atoms with Crippen LogP contribution in [0.3, 0.4) is 0 Å². The van der Waals surface area contributed by atoms with E-state index in [0.717, 1.165) is 27.9 Å². The molecule has 3 aromatic carbocycles. The van der Waals surface area contributed by atoms with Gasteiger partial charge in [-0.1, -0.05) is 78.9 Å². The lowest BCUT2D eigenvalue weighted by Crippen LogP contribution is -2.31. The Labute approximate surface area is 177 Å². The molecule has 4 heteroatoms. The van der Waals surface area contributed by atoms with Gasteiger partial charge in [0.1, 0.15) is 0 Å². The Morgan fingerprint density at radius 2 is 1.30 bits per heavy atom. The summed E-state index contributed by atoms with van der Waals surface area (Å²) in [6.07, 6.45) is -0.724. The van der Waals surface area contributed by atoms with E-state index in [2.05, 4.69) is 5.32 Å². The summed E-state index contributed by atoms with van der Waals surface area (Å²) in [5.74, 6) is -0.873. The van der Waals surface area contributed by atoms with Crippen LogP contribution in [0, 0.1) is 13.8 Å². The van der Waals surface area contributed by atoms with Crippen LogP contribution in [-0.4, -0.2) is 18.0 Å². The molecule has 0 aliphatic heterocycles. The topological polar surface area (TPSA) is 55.4 Å². The number of hydrogen-bond acceptors (Lipinski definition) is 3. The second kappa shape index (κ2) is 9.88. The van der Waals surface area contributed by atoms with Crippen molar-refractivity contribution in [2.75, 3.05) is 5.32 Å². The van der Waals surface area contributed by atoms with E-state index in [1.165, 1.54) is 0 Å². The minimum atomic E-state index is -0.885. The van der Waals surface area contributed by atoms with E-state index in [4.69, 9.17) is 4.74 Å². The van der Waals surface area contributed by atoms with Crippen LogP contribution in [0.25, 0.3) is 0 Å². The SMILES string of the molecule is Cc1cccc(C)c1NC(=O)C(C)OC(=O)CC(c1ccccc1)c1ccccc1. The third kappa shape index (κ3) is 5.35. The summed E-state index contributed by atoms with van der Waals surface area (Å²) in [4.78, 5) is 25.3. The molecule has 0 heterocycles. The van der Waals surface area contributed by atoms with Gasteiger partial charge in [0, 0.05) is 11.6 Å². The molecule has 30 heavy (non-hydrogen) atoms. The number of esters is 1. The van der Waals surface area contributed by atoms with Crippen LogP contribution in [0.15, 0.2) is 78.9 Å². The first kappa shape index (κ1) is 21.3. The number of anilines is 1. The van der Waals surface area contributed by atoms with Crippen LogP contribution in [-0.2, 0) is 14.3 Å². The van der Waals surface area contributed by atoms with Crippen molar-refractivity contribution in [2.24, 2.45) is 0 Å². The molecule has 154 valence electrons. The van der Waals surface area contributed by atoms with Gasteiger partial charge in [0.15, 0.2) is 6.10 Å². The summed E-state index contributed by atoms with van der Waals surface area (Å²) in [5.41, 5.74) is 4.77. The third-order valence-corrected chi connectivity index (χ3v) is 5.18. The number of para-hydroxylation sites is 1. The molecule has 0 saturated carbocycles. The fraction of sp³-hybridized carbons (Fsp3) is 0.231. The molecule has 0 aliphatic rings. The van der Waals surface area contributed by atoms with Gasteiger partial charge < -0.3 is 10.1 Å². The molecule has 0 aliphatic carbocycles. The lowest BCUT2D eigenvalue weighted by atomic mass is 9.88. The number of hydrogen-bond donors (Lipinski definition) is 1. The standard InChI is InChI=1S/C26H27NO3/c1-18-11-10-12-19(2)25(18)27-26(29)20(3)30-24(28)17-23(21-13-6-4-7-14-21)22-15-8-5-9-16-22/h4-16,20,23H,17H2,1-3H3,(H,27,29). The van der Waals surface area contributed by atoms with E-state index in [-0.39, 0.29) is 18.2 Å². The van der Waals surface area contributed by atoms with Crippen molar-refractivity contribution in [3.63, 3.8) is 0 Å². The van der Waals surface area contributed by atoms with Crippen molar-refractivity contribution < 1.29 is 14.3 Å². The minimum absolute atomic E-state index is 0.131. The quantitative estimate of drug-likeness (QED) is 0.540. The van der Waals surface area contributed by atoms with Gasteiger partial charge in [-0.25, -0.2) is 0 Å². The van der Waals surface area contributed by atoms with Crippen molar-refractivity contribution in [1.82, 2.24) is 0 Å². The number of carbonyl (C=O) groups is 2. The van der Waals surface area contributed by atoms with Crippen LogP contribution in [0.1, 0.15) is 41.5 Å². The van der Waals surface area contributed by atoms with E-state index in [9.17, 15) is 9.59 Å². The molecule has 0 spiro atoms. The highest BCUT2D eigenvalue weighted by Crippen LogP contribution is 2.28. The van der Waals surface area contributed by atoms with Crippen LogP contribution in [0.5, 0.6) is 0 Å². The van der Waals surface area contributed by atoms with Gasteiger partial charge in [0.05, 0.1) is 6.42 Å². The predicted octanol–water partition coefficient (Wildman–Crippen LogP) is 5.40. The second-order valence-corrected chi connectivity index (χ2v) is 7.47. The van der Waals surface area contributed by atoms with Gasteiger partial charge in [-0.3, -0.25) is 9.59 Å². The molecular weight excluding hydrogens is 374 g/mol. The number of rotatable bonds is 7.